The van der Waals surface area contributed by atoms with Gasteiger partial charge in [0.1, 0.15) is 12.4 Å². The first-order chi connectivity index (χ1) is 13.5. The number of carboxylic acids is 1. The lowest BCUT2D eigenvalue weighted by molar-refractivity contribution is -0.154. The van der Waals surface area contributed by atoms with E-state index in [9.17, 15) is 14.4 Å². The topological polar surface area (TPSA) is 119 Å². The van der Waals surface area contributed by atoms with Crippen molar-refractivity contribution < 1.29 is 29.0 Å². The Kier molecular flexibility index (Phi) is 5.90. The van der Waals surface area contributed by atoms with Gasteiger partial charge in [-0.3, -0.25) is 9.59 Å². The highest BCUT2D eigenvalue weighted by molar-refractivity contribution is 5.96. The number of hydrogen-bond donors (Lipinski definition) is 2. The lowest BCUT2D eigenvalue weighted by atomic mass is 10.1. The number of benzene rings is 2. The van der Waals surface area contributed by atoms with Crippen LogP contribution in [0.3, 0.4) is 0 Å². The summed E-state index contributed by atoms with van der Waals surface area (Å²) in [5, 5.41) is 9.08. The van der Waals surface area contributed by atoms with Crippen LogP contribution in [0.1, 0.15) is 26.3 Å². The molecule has 2 amide bonds. The highest BCUT2D eigenvalue weighted by Crippen LogP contribution is 2.19. The summed E-state index contributed by atoms with van der Waals surface area (Å²) in [5.74, 6) is -1.58. The van der Waals surface area contributed by atoms with E-state index < -0.39 is 18.0 Å². The van der Waals surface area contributed by atoms with Crippen molar-refractivity contribution in [3.05, 3.63) is 65.2 Å². The van der Waals surface area contributed by atoms with Gasteiger partial charge in [-0.15, -0.1) is 0 Å². The second-order valence-corrected chi connectivity index (χ2v) is 6.30. The summed E-state index contributed by atoms with van der Waals surface area (Å²) in [7, 11) is 0. The summed E-state index contributed by atoms with van der Waals surface area (Å²) in [6.45, 7) is 0.651. The summed E-state index contributed by atoms with van der Waals surface area (Å²) < 4.78 is 10.8. The Morgan fingerprint density at radius 2 is 1.96 bits per heavy atom. The van der Waals surface area contributed by atoms with Gasteiger partial charge in [0.05, 0.1) is 18.7 Å². The highest BCUT2D eigenvalue weighted by Gasteiger charge is 2.29. The Balaban J connectivity index is 1.70. The molecule has 8 nitrogen and oxygen atoms in total. The summed E-state index contributed by atoms with van der Waals surface area (Å²) >= 11 is 0. The second kappa shape index (κ2) is 8.53. The zero-order valence-electron chi connectivity index (χ0n) is 15.0. The van der Waals surface area contributed by atoms with Crippen LogP contribution in [0.15, 0.2) is 48.5 Å². The van der Waals surface area contributed by atoms with Crippen molar-refractivity contribution in [2.24, 2.45) is 5.73 Å². The Labute approximate surface area is 161 Å². The van der Waals surface area contributed by atoms with Crippen LogP contribution in [-0.4, -0.2) is 53.6 Å². The first-order valence-electron chi connectivity index (χ1n) is 8.70. The molecule has 0 saturated carbocycles. The van der Waals surface area contributed by atoms with Crippen LogP contribution < -0.4 is 10.5 Å². The predicted molar refractivity (Wildman–Crippen MR) is 99.0 cm³/mol. The molecule has 0 aliphatic carbocycles. The van der Waals surface area contributed by atoms with Crippen LogP contribution in [-0.2, 0) is 16.1 Å². The molecule has 1 atom stereocenters. The molecular formula is C20H20N2O6. The van der Waals surface area contributed by atoms with Crippen LogP contribution in [0.4, 0.5) is 0 Å². The van der Waals surface area contributed by atoms with Crippen LogP contribution in [0, 0.1) is 0 Å². The van der Waals surface area contributed by atoms with Crippen molar-refractivity contribution in [2.45, 2.75) is 12.7 Å². The number of carboxylic acid groups (broad SMARTS) is 1. The van der Waals surface area contributed by atoms with E-state index >= 15 is 0 Å². The van der Waals surface area contributed by atoms with Gasteiger partial charge in [0.25, 0.3) is 11.8 Å². The Bertz CT molecular complexity index is 898. The molecule has 8 heteroatoms. The molecule has 0 spiro atoms. The maximum Gasteiger partial charge on any atom is 0.334 e. The van der Waals surface area contributed by atoms with Gasteiger partial charge in [-0.1, -0.05) is 24.3 Å². The van der Waals surface area contributed by atoms with E-state index in [1.807, 2.05) is 0 Å². The normalized spacial score (nSPS) is 16.4. The first kappa shape index (κ1) is 19.4. The molecule has 28 heavy (non-hydrogen) atoms. The molecule has 2 aromatic rings. The molecule has 146 valence electrons. The molecule has 2 aromatic carbocycles. The second-order valence-electron chi connectivity index (χ2n) is 6.30. The monoisotopic (exact) mass is 384 g/mol. The summed E-state index contributed by atoms with van der Waals surface area (Å²) in [6.07, 6.45) is -1.02. The molecular weight excluding hydrogens is 364 g/mol. The molecule has 1 heterocycles. The van der Waals surface area contributed by atoms with Gasteiger partial charge in [-0.05, 0) is 29.8 Å². The van der Waals surface area contributed by atoms with Gasteiger partial charge in [0.2, 0.25) is 0 Å². The van der Waals surface area contributed by atoms with E-state index in [0.29, 0.717) is 17.9 Å². The number of carbonyl (C=O) groups excluding carboxylic acids is 2. The number of primary amides is 1. The zero-order valence-corrected chi connectivity index (χ0v) is 15.0. The summed E-state index contributed by atoms with van der Waals surface area (Å²) in [4.78, 5) is 36.7. The van der Waals surface area contributed by atoms with Crippen molar-refractivity contribution in [1.82, 2.24) is 4.90 Å². The molecule has 3 N–H and O–H groups in total. The molecule has 0 aromatic heterocycles. The lowest BCUT2D eigenvalue weighted by Crippen LogP contribution is -2.48. The van der Waals surface area contributed by atoms with Crippen molar-refractivity contribution in [3.63, 3.8) is 0 Å². The molecule has 1 saturated heterocycles. The van der Waals surface area contributed by atoms with Crippen LogP contribution in [0.25, 0.3) is 0 Å². The molecule has 1 aliphatic heterocycles. The molecule has 0 bridgehead atoms. The molecule has 3 rings (SSSR count). The van der Waals surface area contributed by atoms with E-state index in [1.165, 1.54) is 4.90 Å². The van der Waals surface area contributed by atoms with Gasteiger partial charge in [0.15, 0.2) is 6.10 Å². The third kappa shape index (κ3) is 4.47. The number of para-hydroxylation sites is 1. The van der Waals surface area contributed by atoms with E-state index in [1.54, 1.807) is 48.5 Å². The summed E-state index contributed by atoms with van der Waals surface area (Å²) in [5.41, 5.74) is 6.78. The van der Waals surface area contributed by atoms with Crippen molar-refractivity contribution in [1.29, 1.82) is 0 Å². The molecule has 1 aliphatic rings. The quantitative estimate of drug-likeness (QED) is 0.775. The van der Waals surface area contributed by atoms with Gasteiger partial charge in [0, 0.05) is 12.1 Å². The fourth-order valence-corrected chi connectivity index (χ4v) is 2.92. The average molecular weight is 384 g/mol. The molecule has 0 radical (unpaired) electrons. The minimum absolute atomic E-state index is 0.000874. The number of rotatable bonds is 6. The average Bonchev–Trinajstić information content (AvgIpc) is 2.72. The lowest BCUT2D eigenvalue weighted by Gasteiger charge is -2.31. The number of hydrogen-bond acceptors (Lipinski definition) is 5. The third-order valence-corrected chi connectivity index (χ3v) is 4.35. The van der Waals surface area contributed by atoms with Crippen LogP contribution in [0.5, 0.6) is 5.75 Å². The Hall–Kier alpha value is -3.39. The van der Waals surface area contributed by atoms with Gasteiger partial charge < -0.3 is 25.2 Å². The number of amides is 2. The van der Waals surface area contributed by atoms with Crippen molar-refractivity contribution in [3.8, 4) is 5.75 Å². The molecule has 0 unspecified atom stereocenters. The number of aliphatic carboxylic acids is 1. The summed E-state index contributed by atoms with van der Waals surface area (Å²) in [6, 6.07) is 13.5. The number of nitrogens with two attached hydrogens (primary N) is 1. The van der Waals surface area contributed by atoms with Crippen molar-refractivity contribution in [2.75, 3.05) is 19.7 Å². The maximum atomic E-state index is 12.7. The Morgan fingerprint density at radius 3 is 2.71 bits per heavy atom. The van der Waals surface area contributed by atoms with E-state index in [-0.39, 0.29) is 31.2 Å². The minimum atomic E-state index is -1.09. The van der Waals surface area contributed by atoms with Crippen LogP contribution in [0.2, 0.25) is 0 Å². The standard InChI is InChI=1S/C20H20N2O6/c21-18(23)15-6-1-2-7-16(15)28-12-13-4-3-5-14(10-13)19(24)22-8-9-27-17(11-22)20(25)26/h1-7,10,17H,8-9,11-12H2,(H2,21,23)(H,25,26)/t17-/m0/s1. The minimum Gasteiger partial charge on any atom is -0.488 e. The van der Waals surface area contributed by atoms with E-state index in [2.05, 4.69) is 0 Å². The van der Waals surface area contributed by atoms with Gasteiger partial charge in [-0.25, -0.2) is 4.79 Å². The van der Waals surface area contributed by atoms with Gasteiger partial charge >= 0.3 is 5.97 Å². The number of carbonyl (C=O) groups is 3. The zero-order chi connectivity index (χ0) is 20.1. The SMILES string of the molecule is NC(=O)c1ccccc1OCc1cccc(C(=O)N2CCO[C@H](C(=O)O)C2)c1. The number of nitrogens with zero attached hydrogens (tertiary/aromatic N) is 1. The molecule has 1 fully saturated rings. The van der Waals surface area contributed by atoms with Crippen molar-refractivity contribution >= 4 is 17.8 Å². The fourth-order valence-electron chi connectivity index (χ4n) is 2.92. The smallest absolute Gasteiger partial charge is 0.334 e. The largest absolute Gasteiger partial charge is 0.488 e. The Morgan fingerprint density at radius 1 is 1.18 bits per heavy atom. The van der Waals surface area contributed by atoms with Gasteiger partial charge in [-0.2, -0.15) is 0 Å². The van der Waals surface area contributed by atoms with E-state index in [0.717, 1.165) is 5.56 Å². The third-order valence-electron chi connectivity index (χ3n) is 4.35. The fraction of sp³-hybridized carbons (Fsp3) is 0.250. The predicted octanol–water partition coefficient (Wildman–Crippen LogP) is 1.29. The highest BCUT2D eigenvalue weighted by atomic mass is 16.5. The number of ether oxygens (including phenoxy) is 2. The van der Waals surface area contributed by atoms with E-state index in [4.69, 9.17) is 20.3 Å². The first-order valence-corrected chi connectivity index (χ1v) is 8.70. The number of morpholine rings is 1. The maximum absolute atomic E-state index is 12.7. The van der Waals surface area contributed by atoms with Crippen LogP contribution >= 0.6 is 0 Å².